The fourth-order valence-corrected chi connectivity index (χ4v) is 1.84. The van der Waals surface area contributed by atoms with E-state index in [4.69, 9.17) is 5.73 Å². The van der Waals surface area contributed by atoms with Gasteiger partial charge in [0.1, 0.15) is 0 Å². The number of hydrogen-bond acceptors (Lipinski definition) is 3. The van der Waals surface area contributed by atoms with Gasteiger partial charge in [0, 0.05) is 24.2 Å². The average Bonchev–Trinajstić information content (AvgIpc) is 2.55. The predicted octanol–water partition coefficient (Wildman–Crippen LogP) is 1.14. The summed E-state index contributed by atoms with van der Waals surface area (Å²) >= 11 is 0. The molecule has 2 unspecified atom stereocenters. The van der Waals surface area contributed by atoms with Crippen molar-refractivity contribution < 1.29 is 5.11 Å². The number of hydrogen-bond donors (Lipinski definition) is 2. The summed E-state index contributed by atoms with van der Waals surface area (Å²) in [7, 11) is 1.88. The third-order valence-corrected chi connectivity index (χ3v) is 3.00. The minimum absolute atomic E-state index is 0.137. The van der Waals surface area contributed by atoms with E-state index in [-0.39, 0.29) is 5.92 Å². The highest BCUT2D eigenvalue weighted by Crippen LogP contribution is 2.26. The lowest BCUT2D eigenvalue weighted by Gasteiger charge is -2.20. The number of nitrogens with two attached hydrogens (primary N) is 1. The molecule has 0 aliphatic rings. The second-order valence-electron chi connectivity index (χ2n) is 4.04. The van der Waals surface area contributed by atoms with Crippen molar-refractivity contribution in [3.8, 4) is 0 Å². The molecule has 0 bridgehead atoms. The fourth-order valence-electron chi connectivity index (χ4n) is 1.84. The molecule has 4 nitrogen and oxygen atoms in total. The van der Waals surface area contributed by atoms with Crippen LogP contribution in [0.15, 0.2) is 6.20 Å². The van der Waals surface area contributed by atoms with E-state index in [0.29, 0.717) is 6.54 Å². The number of aliphatic hydroxyl groups is 1. The van der Waals surface area contributed by atoms with Crippen molar-refractivity contribution in [2.75, 3.05) is 6.54 Å². The van der Waals surface area contributed by atoms with Crippen LogP contribution in [0.1, 0.15) is 37.1 Å². The zero-order valence-electron chi connectivity index (χ0n) is 9.77. The molecular weight excluding hydrogens is 190 g/mol. The Kier molecular flexibility index (Phi) is 4.29. The van der Waals surface area contributed by atoms with Gasteiger partial charge in [-0.05, 0) is 19.9 Å². The van der Waals surface area contributed by atoms with Crippen LogP contribution in [0.5, 0.6) is 0 Å². The second-order valence-corrected chi connectivity index (χ2v) is 4.04. The summed E-state index contributed by atoms with van der Waals surface area (Å²) in [4.78, 5) is 0. The van der Waals surface area contributed by atoms with E-state index in [1.165, 1.54) is 0 Å². The topological polar surface area (TPSA) is 64.1 Å². The monoisotopic (exact) mass is 211 g/mol. The number of rotatable bonds is 5. The summed E-state index contributed by atoms with van der Waals surface area (Å²) in [5.74, 6) is 0.137. The maximum atomic E-state index is 10.2. The molecular formula is C11H21N3O. The van der Waals surface area contributed by atoms with Crippen molar-refractivity contribution in [2.45, 2.75) is 32.8 Å². The van der Waals surface area contributed by atoms with Gasteiger partial charge >= 0.3 is 0 Å². The van der Waals surface area contributed by atoms with Gasteiger partial charge in [-0.3, -0.25) is 4.68 Å². The highest BCUT2D eigenvalue weighted by molar-refractivity contribution is 5.19. The first kappa shape index (κ1) is 12.2. The Labute approximate surface area is 91.1 Å². The maximum absolute atomic E-state index is 10.2. The molecule has 0 spiro atoms. The third-order valence-electron chi connectivity index (χ3n) is 3.00. The van der Waals surface area contributed by atoms with Crippen LogP contribution in [0, 0.1) is 12.8 Å². The van der Waals surface area contributed by atoms with Crippen LogP contribution in [0.25, 0.3) is 0 Å². The molecule has 0 aliphatic heterocycles. The average molecular weight is 211 g/mol. The Balaban J connectivity index is 2.82. The Bertz CT molecular complexity index is 309. The molecule has 0 aromatic carbocycles. The summed E-state index contributed by atoms with van der Waals surface area (Å²) in [6, 6.07) is 0. The Hall–Kier alpha value is -0.870. The van der Waals surface area contributed by atoms with Gasteiger partial charge in [-0.25, -0.2) is 0 Å². The summed E-state index contributed by atoms with van der Waals surface area (Å²) in [6.07, 6.45) is 3.24. The molecule has 0 fully saturated rings. The van der Waals surface area contributed by atoms with Gasteiger partial charge in [0.2, 0.25) is 0 Å². The van der Waals surface area contributed by atoms with Crippen LogP contribution < -0.4 is 5.73 Å². The van der Waals surface area contributed by atoms with Gasteiger partial charge in [0.05, 0.1) is 12.3 Å². The Morgan fingerprint density at radius 2 is 2.27 bits per heavy atom. The number of aliphatic hydroxyl groups excluding tert-OH is 1. The largest absolute Gasteiger partial charge is 0.388 e. The normalized spacial score (nSPS) is 15.3. The zero-order chi connectivity index (χ0) is 11.4. The first-order valence-corrected chi connectivity index (χ1v) is 5.48. The first-order chi connectivity index (χ1) is 7.11. The van der Waals surface area contributed by atoms with Gasteiger partial charge in [-0.15, -0.1) is 0 Å². The van der Waals surface area contributed by atoms with E-state index in [1.807, 2.05) is 14.0 Å². The van der Waals surface area contributed by atoms with Crippen LogP contribution in [0.3, 0.4) is 0 Å². The lowest BCUT2D eigenvalue weighted by molar-refractivity contribution is 0.106. The number of nitrogens with zero attached hydrogens (tertiary/aromatic N) is 2. The minimum Gasteiger partial charge on any atom is -0.388 e. The Morgan fingerprint density at radius 3 is 2.67 bits per heavy atom. The first-order valence-electron chi connectivity index (χ1n) is 5.48. The third kappa shape index (κ3) is 2.58. The van der Waals surface area contributed by atoms with Gasteiger partial charge in [0.25, 0.3) is 0 Å². The zero-order valence-corrected chi connectivity index (χ0v) is 9.77. The van der Waals surface area contributed by atoms with Gasteiger partial charge in [-0.1, -0.05) is 13.3 Å². The molecule has 86 valence electrons. The maximum Gasteiger partial charge on any atom is 0.0863 e. The second kappa shape index (κ2) is 5.28. The number of aromatic nitrogens is 2. The molecule has 0 saturated heterocycles. The van der Waals surface area contributed by atoms with Gasteiger partial charge in [-0.2, -0.15) is 5.10 Å². The van der Waals surface area contributed by atoms with E-state index in [9.17, 15) is 5.11 Å². The molecule has 1 heterocycles. The summed E-state index contributed by atoms with van der Waals surface area (Å²) in [5.41, 5.74) is 7.58. The van der Waals surface area contributed by atoms with Crippen molar-refractivity contribution in [3.05, 3.63) is 17.5 Å². The summed E-state index contributed by atoms with van der Waals surface area (Å²) < 4.78 is 1.78. The van der Waals surface area contributed by atoms with Crippen molar-refractivity contribution in [1.29, 1.82) is 0 Å². The molecule has 0 radical (unpaired) electrons. The minimum atomic E-state index is -0.483. The highest BCUT2D eigenvalue weighted by Gasteiger charge is 2.22. The molecule has 3 N–H and O–H groups in total. The van der Waals surface area contributed by atoms with Crippen molar-refractivity contribution in [3.63, 3.8) is 0 Å². The van der Waals surface area contributed by atoms with Crippen molar-refractivity contribution in [1.82, 2.24) is 9.78 Å². The fraction of sp³-hybridized carbons (Fsp3) is 0.727. The molecule has 2 atom stereocenters. The van der Waals surface area contributed by atoms with Crippen LogP contribution in [0.2, 0.25) is 0 Å². The molecule has 0 aliphatic carbocycles. The molecule has 15 heavy (non-hydrogen) atoms. The SMILES string of the molecule is CCCC(CN)C(O)c1cnn(C)c1C. The van der Waals surface area contributed by atoms with E-state index in [2.05, 4.69) is 12.0 Å². The molecule has 1 rings (SSSR count). The van der Waals surface area contributed by atoms with Crippen LogP contribution in [0.4, 0.5) is 0 Å². The quantitative estimate of drug-likeness (QED) is 0.767. The van der Waals surface area contributed by atoms with Crippen LogP contribution in [-0.2, 0) is 7.05 Å². The lowest BCUT2D eigenvalue weighted by Crippen LogP contribution is -2.22. The lowest BCUT2D eigenvalue weighted by atomic mass is 9.92. The molecule has 0 amide bonds. The highest BCUT2D eigenvalue weighted by atomic mass is 16.3. The van der Waals surface area contributed by atoms with E-state index in [1.54, 1.807) is 10.9 Å². The van der Waals surface area contributed by atoms with Gasteiger partial charge < -0.3 is 10.8 Å². The van der Waals surface area contributed by atoms with Crippen molar-refractivity contribution in [2.24, 2.45) is 18.7 Å². The summed E-state index contributed by atoms with van der Waals surface area (Å²) in [6.45, 7) is 4.58. The van der Waals surface area contributed by atoms with E-state index in [0.717, 1.165) is 24.1 Å². The molecule has 4 heteroatoms. The van der Waals surface area contributed by atoms with E-state index < -0.39 is 6.10 Å². The van der Waals surface area contributed by atoms with Crippen LogP contribution in [-0.4, -0.2) is 21.4 Å². The molecule has 0 saturated carbocycles. The molecule has 1 aromatic heterocycles. The van der Waals surface area contributed by atoms with Gasteiger partial charge in [0.15, 0.2) is 0 Å². The predicted molar refractivity (Wildman–Crippen MR) is 60.4 cm³/mol. The smallest absolute Gasteiger partial charge is 0.0863 e. The Morgan fingerprint density at radius 1 is 1.60 bits per heavy atom. The standard InChI is InChI=1S/C11H21N3O/c1-4-5-9(6-12)11(15)10-7-13-14(3)8(10)2/h7,9,11,15H,4-6,12H2,1-3H3. The van der Waals surface area contributed by atoms with E-state index >= 15 is 0 Å². The molecule has 1 aromatic rings. The summed E-state index contributed by atoms with van der Waals surface area (Å²) in [5, 5.41) is 14.3. The number of aryl methyl sites for hydroxylation is 1. The van der Waals surface area contributed by atoms with Crippen LogP contribution >= 0.6 is 0 Å². The van der Waals surface area contributed by atoms with Crippen molar-refractivity contribution >= 4 is 0 Å².